The summed E-state index contributed by atoms with van der Waals surface area (Å²) < 4.78 is 5.90. The van der Waals surface area contributed by atoms with Crippen molar-refractivity contribution in [3.05, 3.63) is 29.8 Å². The quantitative estimate of drug-likeness (QED) is 0.793. The molecule has 2 unspecified atom stereocenters. The number of hydrogen-bond donors (Lipinski definition) is 1. The van der Waals surface area contributed by atoms with Crippen LogP contribution in [0.15, 0.2) is 24.3 Å². The highest BCUT2D eigenvalue weighted by molar-refractivity contribution is 5.36. The molecule has 102 valence electrons. The van der Waals surface area contributed by atoms with E-state index in [1.807, 2.05) is 6.07 Å². The summed E-state index contributed by atoms with van der Waals surface area (Å²) in [6.07, 6.45) is 0.224. The van der Waals surface area contributed by atoms with Gasteiger partial charge in [0.25, 0.3) is 0 Å². The smallest absolute Gasteiger partial charge is 0.123 e. The fourth-order valence-electron chi connectivity index (χ4n) is 2.07. The minimum Gasteiger partial charge on any atom is -0.491 e. The fourth-order valence-corrected chi connectivity index (χ4v) is 2.07. The molecule has 0 aliphatic rings. The number of para-hydroxylation sites is 1. The predicted octanol–water partition coefficient (Wildman–Crippen LogP) is 3.82. The zero-order valence-corrected chi connectivity index (χ0v) is 12.4. The molecule has 1 N–H and O–H groups in total. The Morgan fingerprint density at radius 3 is 2.39 bits per heavy atom. The van der Waals surface area contributed by atoms with Crippen LogP contribution in [-0.4, -0.2) is 19.2 Å². The van der Waals surface area contributed by atoms with E-state index in [0.717, 1.165) is 18.8 Å². The minimum absolute atomic E-state index is 0.224. The van der Waals surface area contributed by atoms with Crippen LogP contribution in [-0.2, 0) is 0 Å². The van der Waals surface area contributed by atoms with Crippen LogP contribution < -0.4 is 10.1 Å². The van der Waals surface area contributed by atoms with Gasteiger partial charge < -0.3 is 10.1 Å². The van der Waals surface area contributed by atoms with E-state index in [9.17, 15) is 0 Å². The van der Waals surface area contributed by atoms with Gasteiger partial charge in [0.1, 0.15) is 5.75 Å². The molecule has 0 heterocycles. The van der Waals surface area contributed by atoms with Crippen LogP contribution in [0.2, 0.25) is 0 Å². The minimum atomic E-state index is 0.224. The van der Waals surface area contributed by atoms with Crippen molar-refractivity contribution >= 4 is 0 Å². The molecular formula is C16H27NO. The lowest BCUT2D eigenvalue weighted by atomic mass is 9.88. The lowest BCUT2D eigenvalue weighted by Crippen LogP contribution is -2.24. The van der Waals surface area contributed by atoms with E-state index in [4.69, 9.17) is 4.74 Å². The van der Waals surface area contributed by atoms with Crippen molar-refractivity contribution in [2.24, 2.45) is 5.92 Å². The SMILES string of the molecule is CCNCC(C)C(C)c1ccccc1OC(C)C. The van der Waals surface area contributed by atoms with Crippen molar-refractivity contribution in [3.8, 4) is 5.75 Å². The molecule has 0 saturated carbocycles. The third-order valence-corrected chi connectivity index (χ3v) is 3.34. The predicted molar refractivity (Wildman–Crippen MR) is 78.3 cm³/mol. The molecule has 0 fully saturated rings. The monoisotopic (exact) mass is 249 g/mol. The number of hydrogen-bond acceptors (Lipinski definition) is 2. The summed E-state index contributed by atoms with van der Waals surface area (Å²) in [6, 6.07) is 8.40. The summed E-state index contributed by atoms with van der Waals surface area (Å²) >= 11 is 0. The molecule has 2 heteroatoms. The third kappa shape index (κ3) is 4.34. The molecule has 2 nitrogen and oxygen atoms in total. The van der Waals surface area contributed by atoms with Crippen molar-refractivity contribution in [1.82, 2.24) is 5.32 Å². The van der Waals surface area contributed by atoms with E-state index in [-0.39, 0.29) is 6.10 Å². The van der Waals surface area contributed by atoms with Gasteiger partial charge in [0.15, 0.2) is 0 Å². The summed E-state index contributed by atoms with van der Waals surface area (Å²) in [5.41, 5.74) is 1.32. The second-order valence-electron chi connectivity index (χ2n) is 5.28. The largest absolute Gasteiger partial charge is 0.491 e. The van der Waals surface area contributed by atoms with Crippen molar-refractivity contribution in [1.29, 1.82) is 0 Å². The van der Waals surface area contributed by atoms with Crippen LogP contribution in [0.5, 0.6) is 5.75 Å². The van der Waals surface area contributed by atoms with Gasteiger partial charge in [-0.2, -0.15) is 0 Å². The molecule has 1 aromatic carbocycles. The Kier molecular flexibility index (Phi) is 6.20. The van der Waals surface area contributed by atoms with Gasteiger partial charge in [-0.15, -0.1) is 0 Å². The molecule has 18 heavy (non-hydrogen) atoms. The number of nitrogens with one attached hydrogen (secondary N) is 1. The molecule has 1 rings (SSSR count). The number of benzene rings is 1. The molecular weight excluding hydrogens is 222 g/mol. The molecule has 0 aromatic heterocycles. The van der Waals surface area contributed by atoms with Crippen LogP contribution in [0.25, 0.3) is 0 Å². The average Bonchev–Trinajstić information content (AvgIpc) is 2.35. The highest BCUT2D eigenvalue weighted by Gasteiger charge is 2.18. The van der Waals surface area contributed by atoms with Crippen molar-refractivity contribution in [2.45, 2.75) is 46.6 Å². The Balaban J connectivity index is 2.80. The molecule has 2 atom stereocenters. The molecule has 1 aromatic rings. The van der Waals surface area contributed by atoms with Crippen molar-refractivity contribution in [2.75, 3.05) is 13.1 Å². The average molecular weight is 249 g/mol. The Morgan fingerprint density at radius 1 is 1.11 bits per heavy atom. The maximum Gasteiger partial charge on any atom is 0.123 e. The van der Waals surface area contributed by atoms with Crippen LogP contribution >= 0.6 is 0 Å². The first-order valence-electron chi connectivity index (χ1n) is 7.02. The summed E-state index contributed by atoms with van der Waals surface area (Å²) in [5.74, 6) is 2.13. The topological polar surface area (TPSA) is 21.3 Å². The highest BCUT2D eigenvalue weighted by Crippen LogP contribution is 2.31. The highest BCUT2D eigenvalue weighted by atomic mass is 16.5. The second-order valence-corrected chi connectivity index (χ2v) is 5.28. The Labute approximate surface area is 112 Å². The maximum absolute atomic E-state index is 5.90. The molecule has 0 amide bonds. The van der Waals surface area contributed by atoms with Crippen LogP contribution in [0.4, 0.5) is 0 Å². The van der Waals surface area contributed by atoms with E-state index >= 15 is 0 Å². The lowest BCUT2D eigenvalue weighted by Gasteiger charge is -2.24. The molecule has 0 saturated heterocycles. The first kappa shape index (κ1) is 15.0. The standard InChI is InChI=1S/C16H27NO/c1-6-17-11-13(4)14(5)15-9-7-8-10-16(15)18-12(2)3/h7-10,12-14,17H,6,11H2,1-5H3. The van der Waals surface area contributed by atoms with Gasteiger partial charge in [-0.3, -0.25) is 0 Å². The Bertz CT molecular complexity index is 349. The molecule has 0 radical (unpaired) electrons. The first-order chi connectivity index (χ1) is 8.56. The van der Waals surface area contributed by atoms with Gasteiger partial charge in [0.2, 0.25) is 0 Å². The molecule has 0 aliphatic carbocycles. The van der Waals surface area contributed by atoms with Gasteiger partial charge >= 0.3 is 0 Å². The normalized spacial score (nSPS) is 14.6. The summed E-state index contributed by atoms with van der Waals surface area (Å²) in [6.45, 7) is 12.9. The zero-order chi connectivity index (χ0) is 13.5. The Hall–Kier alpha value is -1.02. The zero-order valence-electron chi connectivity index (χ0n) is 12.4. The van der Waals surface area contributed by atoms with Crippen LogP contribution in [0.1, 0.15) is 46.1 Å². The molecule has 0 bridgehead atoms. The van der Waals surface area contributed by atoms with Crippen LogP contribution in [0.3, 0.4) is 0 Å². The fraction of sp³-hybridized carbons (Fsp3) is 0.625. The molecule has 0 aliphatic heterocycles. The van der Waals surface area contributed by atoms with Gasteiger partial charge in [0, 0.05) is 0 Å². The summed E-state index contributed by atoms with van der Waals surface area (Å²) in [5, 5.41) is 3.42. The second kappa shape index (κ2) is 7.42. The van der Waals surface area contributed by atoms with Crippen LogP contribution in [0, 0.1) is 5.92 Å². The van der Waals surface area contributed by atoms with Gasteiger partial charge in [0.05, 0.1) is 6.10 Å². The van der Waals surface area contributed by atoms with E-state index in [0.29, 0.717) is 11.8 Å². The van der Waals surface area contributed by atoms with E-state index in [1.54, 1.807) is 0 Å². The van der Waals surface area contributed by atoms with E-state index in [2.05, 4.69) is 58.1 Å². The van der Waals surface area contributed by atoms with Crippen molar-refractivity contribution < 1.29 is 4.74 Å². The summed E-state index contributed by atoms with van der Waals surface area (Å²) in [4.78, 5) is 0. The number of rotatable bonds is 7. The van der Waals surface area contributed by atoms with E-state index < -0.39 is 0 Å². The van der Waals surface area contributed by atoms with Crippen molar-refractivity contribution in [3.63, 3.8) is 0 Å². The third-order valence-electron chi connectivity index (χ3n) is 3.34. The van der Waals surface area contributed by atoms with E-state index in [1.165, 1.54) is 5.56 Å². The van der Waals surface area contributed by atoms with Gasteiger partial charge in [-0.05, 0) is 50.4 Å². The van der Waals surface area contributed by atoms with Gasteiger partial charge in [-0.1, -0.05) is 39.0 Å². The van der Waals surface area contributed by atoms with Gasteiger partial charge in [-0.25, -0.2) is 0 Å². The maximum atomic E-state index is 5.90. The lowest BCUT2D eigenvalue weighted by molar-refractivity contribution is 0.237. The molecule has 0 spiro atoms. The number of ether oxygens (including phenoxy) is 1. The Morgan fingerprint density at radius 2 is 1.78 bits per heavy atom. The first-order valence-corrected chi connectivity index (χ1v) is 7.02. The summed E-state index contributed by atoms with van der Waals surface area (Å²) in [7, 11) is 0.